The second-order valence-electron chi connectivity index (χ2n) is 8.63. The fraction of sp³-hybridized carbons (Fsp3) is 0.0714. The first-order valence-electron chi connectivity index (χ1n) is 11.0. The summed E-state index contributed by atoms with van der Waals surface area (Å²) in [7, 11) is 0. The van der Waals surface area contributed by atoms with Crippen LogP contribution in [0.15, 0.2) is 72.8 Å². The van der Waals surface area contributed by atoms with Crippen LogP contribution >= 0.6 is 0 Å². The number of benzene rings is 4. The molecule has 4 aromatic carbocycles. The van der Waals surface area contributed by atoms with Crippen LogP contribution in [0.2, 0.25) is 0 Å². The number of nitrogens with zero attached hydrogens (tertiary/aromatic N) is 1. The van der Waals surface area contributed by atoms with Crippen molar-refractivity contribution in [2.75, 3.05) is 4.90 Å². The summed E-state index contributed by atoms with van der Waals surface area (Å²) in [5.74, 6) is -0.405. The van der Waals surface area contributed by atoms with Crippen molar-refractivity contribution in [2.45, 2.75) is 13.5 Å². The van der Waals surface area contributed by atoms with Crippen molar-refractivity contribution in [3.8, 4) is 16.9 Å². The van der Waals surface area contributed by atoms with Crippen molar-refractivity contribution >= 4 is 39.3 Å². The molecule has 166 valence electrons. The van der Waals surface area contributed by atoms with Crippen molar-refractivity contribution < 1.29 is 14.7 Å². The van der Waals surface area contributed by atoms with E-state index in [2.05, 4.69) is 4.98 Å². The lowest BCUT2D eigenvalue weighted by Crippen LogP contribution is -2.24. The summed E-state index contributed by atoms with van der Waals surface area (Å²) in [5, 5.41) is 11.7. The molecule has 4 N–H and O–H groups in total. The van der Waals surface area contributed by atoms with Crippen LogP contribution in [-0.4, -0.2) is 21.9 Å². The Labute approximate surface area is 195 Å². The Hall–Kier alpha value is -4.58. The molecule has 0 aliphatic carbocycles. The maximum absolute atomic E-state index is 13.1. The van der Waals surface area contributed by atoms with Crippen LogP contribution in [0.5, 0.6) is 5.75 Å². The van der Waals surface area contributed by atoms with Crippen molar-refractivity contribution in [1.29, 1.82) is 0 Å². The molecule has 6 heteroatoms. The molecule has 0 bridgehead atoms. The minimum absolute atomic E-state index is 0.00681. The quantitative estimate of drug-likeness (QED) is 0.352. The van der Waals surface area contributed by atoms with Gasteiger partial charge in [-0.05, 0) is 59.5 Å². The number of primary amides is 1. The van der Waals surface area contributed by atoms with Gasteiger partial charge in [-0.1, -0.05) is 36.4 Å². The van der Waals surface area contributed by atoms with Crippen LogP contribution in [0.25, 0.3) is 32.9 Å². The summed E-state index contributed by atoms with van der Waals surface area (Å²) >= 11 is 0. The minimum atomic E-state index is -0.529. The molecule has 1 aliphatic rings. The lowest BCUT2D eigenvalue weighted by Gasteiger charge is -2.21. The molecule has 34 heavy (non-hydrogen) atoms. The molecule has 0 fully saturated rings. The molecule has 1 aliphatic heterocycles. The topological polar surface area (TPSA) is 99.4 Å². The van der Waals surface area contributed by atoms with E-state index in [0.29, 0.717) is 23.1 Å². The Bertz CT molecular complexity index is 1670. The largest absolute Gasteiger partial charge is 0.508 e. The normalized spacial score (nSPS) is 13.1. The fourth-order valence-corrected chi connectivity index (χ4v) is 5.09. The van der Waals surface area contributed by atoms with E-state index in [4.69, 9.17) is 5.73 Å². The van der Waals surface area contributed by atoms with Crippen molar-refractivity contribution in [3.63, 3.8) is 0 Å². The standard InChI is InChI=1S/C28H21N3O3/c1-15-18(7-4-8-24(15)31-14-16-5-2-3-6-19(16)28(31)34)20-11-12-22(27(29)33)26-25(20)21-10-9-17(32)13-23(21)30-26/h2-13,30,32H,14H2,1H3,(H2,29,33). The van der Waals surface area contributed by atoms with Gasteiger partial charge in [0.05, 0.1) is 23.1 Å². The fourth-order valence-electron chi connectivity index (χ4n) is 5.09. The van der Waals surface area contributed by atoms with Crippen LogP contribution in [0, 0.1) is 6.92 Å². The summed E-state index contributed by atoms with van der Waals surface area (Å²) in [4.78, 5) is 30.4. The van der Waals surface area contributed by atoms with Crippen molar-refractivity contribution in [1.82, 2.24) is 4.98 Å². The first kappa shape index (κ1) is 20.1. The Morgan fingerprint density at radius 1 is 0.971 bits per heavy atom. The van der Waals surface area contributed by atoms with Gasteiger partial charge in [0.15, 0.2) is 0 Å². The molecule has 0 radical (unpaired) electrons. The number of hydrogen-bond donors (Lipinski definition) is 3. The Balaban J connectivity index is 1.58. The molecular formula is C28H21N3O3. The number of carbonyl (C=O) groups is 2. The predicted octanol–water partition coefficient (Wildman–Crippen LogP) is 5.26. The van der Waals surface area contributed by atoms with E-state index in [1.807, 2.05) is 66.4 Å². The molecule has 1 aromatic heterocycles. The Morgan fingerprint density at radius 2 is 1.76 bits per heavy atom. The third-order valence-electron chi connectivity index (χ3n) is 6.71. The molecule has 0 spiro atoms. The number of hydrogen-bond acceptors (Lipinski definition) is 3. The third-order valence-corrected chi connectivity index (χ3v) is 6.71. The molecule has 6 nitrogen and oxygen atoms in total. The van der Waals surface area contributed by atoms with Gasteiger partial charge in [0.2, 0.25) is 0 Å². The minimum Gasteiger partial charge on any atom is -0.508 e. The van der Waals surface area contributed by atoms with E-state index in [-0.39, 0.29) is 11.7 Å². The molecule has 5 aromatic rings. The van der Waals surface area contributed by atoms with E-state index >= 15 is 0 Å². The van der Waals surface area contributed by atoms with Crippen LogP contribution in [-0.2, 0) is 6.54 Å². The maximum Gasteiger partial charge on any atom is 0.258 e. The van der Waals surface area contributed by atoms with Crippen molar-refractivity contribution in [2.24, 2.45) is 5.73 Å². The van der Waals surface area contributed by atoms with Gasteiger partial charge in [-0.15, -0.1) is 0 Å². The smallest absolute Gasteiger partial charge is 0.258 e. The second kappa shape index (κ2) is 7.22. The van der Waals surface area contributed by atoms with Crippen molar-refractivity contribution in [3.05, 3.63) is 95.1 Å². The number of anilines is 1. The maximum atomic E-state index is 13.1. The molecule has 0 atom stereocenters. The van der Waals surface area contributed by atoms with Gasteiger partial charge < -0.3 is 20.7 Å². The highest BCUT2D eigenvalue weighted by Crippen LogP contribution is 2.41. The van der Waals surface area contributed by atoms with E-state index < -0.39 is 5.91 Å². The summed E-state index contributed by atoms with van der Waals surface area (Å²) in [6.45, 7) is 2.54. The van der Waals surface area contributed by atoms with Gasteiger partial charge >= 0.3 is 0 Å². The van der Waals surface area contributed by atoms with E-state index in [9.17, 15) is 14.7 Å². The van der Waals surface area contributed by atoms with Gasteiger partial charge in [-0.2, -0.15) is 0 Å². The van der Waals surface area contributed by atoms with Gasteiger partial charge in [-0.25, -0.2) is 0 Å². The number of fused-ring (bicyclic) bond motifs is 4. The number of nitrogens with one attached hydrogen (secondary N) is 1. The first-order chi connectivity index (χ1) is 16.4. The lowest BCUT2D eigenvalue weighted by atomic mass is 9.93. The lowest BCUT2D eigenvalue weighted by molar-refractivity contribution is 0.0990. The summed E-state index contributed by atoms with van der Waals surface area (Å²) in [6, 6.07) is 22.3. The van der Waals surface area contributed by atoms with E-state index in [1.54, 1.807) is 18.2 Å². The van der Waals surface area contributed by atoms with Gasteiger partial charge in [0.25, 0.3) is 11.8 Å². The Morgan fingerprint density at radius 3 is 2.56 bits per heavy atom. The first-order valence-corrected chi connectivity index (χ1v) is 11.0. The van der Waals surface area contributed by atoms with Crippen LogP contribution in [0.4, 0.5) is 5.69 Å². The average molecular weight is 447 g/mol. The number of phenols is 1. The van der Waals surface area contributed by atoms with E-state index in [1.165, 1.54) is 0 Å². The zero-order valence-corrected chi connectivity index (χ0v) is 18.4. The molecule has 2 heterocycles. The van der Waals surface area contributed by atoms with E-state index in [0.717, 1.165) is 44.3 Å². The molecule has 0 unspecified atom stereocenters. The highest BCUT2D eigenvalue weighted by Gasteiger charge is 2.29. The summed E-state index contributed by atoms with van der Waals surface area (Å²) in [5.41, 5.74) is 12.8. The molecular weight excluding hydrogens is 426 g/mol. The number of phenolic OH excluding ortho intramolecular Hbond substituents is 1. The number of nitrogens with two attached hydrogens (primary N) is 1. The number of aromatic hydroxyl groups is 1. The van der Waals surface area contributed by atoms with Crippen LogP contribution < -0.4 is 10.6 Å². The van der Waals surface area contributed by atoms with Gasteiger partial charge in [-0.3, -0.25) is 9.59 Å². The molecule has 6 rings (SSSR count). The monoisotopic (exact) mass is 447 g/mol. The molecule has 0 saturated carbocycles. The number of H-pyrrole nitrogens is 1. The Kier molecular flexibility index (Phi) is 4.26. The average Bonchev–Trinajstić information content (AvgIpc) is 3.36. The number of amides is 2. The zero-order chi connectivity index (χ0) is 23.6. The summed E-state index contributed by atoms with van der Waals surface area (Å²) in [6.07, 6.45) is 0. The molecule has 0 saturated heterocycles. The number of carbonyl (C=O) groups excluding carboxylic acids is 2. The predicted molar refractivity (Wildman–Crippen MR) is 133 cm³/mol. The SMILES string of the molecule is Cc1c(-c2ccc(C(N)=O)c3[nH]c4cc(O)ccc4c23)cccc1N1Cc2ccccc2C1=O. The van der Waals surface area contributed by atoms with Gasteiger partial charge in [0, 0.05) is 28.1 Å². The summed E-state index contributed by atoms with van der Waals surface area (Å²) < 4.78 is 0. The highest BCUT2D eigenvalue weighted by molar-refractivity contribution is 6.20. The molecule has 2 amide bonds. The highest BCUT2D eigenvalue weighted by atomic mass is 16.3. The van der Waals surface area contributed by atoms with Gasteiger partial charge in [0.1, 0.15) is 5.75 Å². The van der Waals surface area contributed by atoms with Crippen LogP contribution in [0.1, 0.15) is 31.8 Å². The zero-order valence-electron chi connectivity index (χ0n) is 18.4. The second-order valence-corrected chi connectivity index (χ2v) is 8.63. The number of rotatable bonds is 3. The third kappa shape index (κ3) is 2.82. The number of aromatic amines is 1. The van der Waals surface area contributed by atoms with Crippen LogP contribution in [0.3, 0.4) is 0 Å². The number of aromatic nitrogens is 1.